The van der Waals surface area contributed by atoms with Gasteiger partial charge in [-0.15, -0.1) is 0 Å². The minimum Gasteiger partial charge on any atom is -0.352 e. The maximum absolute atomic E-state index is 11.8. The summed E-state index contributed by atoms with van der Waals surface area (Å²) in [6, 6.07) is 6.12. The van der Waals surface area contributed by atoms with E-state index in [1.807, 2.05) is 12.1 Å². The highest BCUT2D eigenvalue weighted by Crippen LogP contribution is 2.30. The molecule has 8 heteroatoms. The zero-order valence-corrected chi connectivity index (χ0v) is 13.6. The van der Waals surface area contributed by atoms with E-state index in [0.29, 0.717) is 6.54 Å². The molecule has 25 heavy (non-hydrogen) atoms. The van der Waals surface area contributed by atoms with E-state index in [0.717, 1.165) is 24.1 Å². The summed E-state index contributed by atoms with van der Waals surface area (Å²) >= 11 is 0. The van der Waals surface area contributed by atoms with Crippen molar-refractivity contribution < 1.29 is 19.2 Å². The Morgan fingerprint density at radius 1 is 1.12 bits per heavy atom. The fourth-order valence-electron chi connectivity index (χ4n) is 2.52. The molecule has 0 radical (unpaired) electrons. The predicted octanol–water partition coefficient (Wildman–Crippen LogP) is 0.640. The van der Waals surface area contributed by atoms with Gasteiger partial charge in [-0.05, 0) is 37.0 Å². The number of benzene rings is 1. The van der Waals surface area contributed by atoms with Crippen molar-refractivity contribution in [1.29, 1.82) is 0 Å². The number of hydrogen-bond acceptors (Lipinski definition) is 4. The summed E-state index contributed by atoms with van der Waals surface area (Å²) in [4.78, 5) is 45.9. The van der Waals surface area contributed by atoms with Crippen molar-refractivity contribution in [2.24, 2.45) is 5.92 Å². The van der Waals surface area contributed by atoms with Gasteiger partial charge in [-0.3, -0.25) is 19.7 Å². The van der Waals surface area contributed by atoms with Gasteiger partial charge in [0.2, 0.25) is 11.8 Å². The third-order valence-electron chi connectivity index (χ3n) is 4.18. The molecular formula is C17H20N4O4. The average Bonchev–Trinajstić information content (AvgIpc) is 3.38. The molecule has 1 atom stereocenters. The minimum atomic E-state index is -0.646. The molecule has 1 aliphatic heterocycles. The van der Waals surface area contributed by atoms with Gasteiger partial charge >= 0.3 is 6.03 Å². The van der Waals surface area contributed by atoms with Gasteiger partial charge in [0.25, 0.3) is 5.91 Å². The largest absolute Gasteiger partial charge is 0.352 e. The Labute approximate surface area is 144 Å². The summed E-state index contributed by atoms with van der Waals surface area (Å²) in [6.45, 7) is 0.360. The zero-order valence-electron chi connectivity index (χ0n) is 13.6. The van der Waals surface area contributed by atoms with Crippen LogP contribution in [0.5, 0.6) is 0 Å². The lowest BCUT2D eigenvalue weighted by Crippen LogP contribution is -2.31. The smallest absolute Gasteiger partial charge is 0.322 e. The fraction of sp³-hybridized carbons (Fsp3) is 0.412. The summed E-state index contributed by atoms with van der Waals surface area (Å²) in [5.41, 5.74) is 1.65. The van der Waals surface area contributed by atoms with E-state index in [9.17, 15) is 19.2 Å². The molecule has 1 saturated heterocycles. The number of urea groups is 1. The van der Waals surface area contributed by atoms with E-state index >= 15 is 0 Å². The molecule has 5 amide bonds. The topological polar surface area (TPSA) is 116 Å². The quantitative estimate of drug-likeness (QED) is 0.543. The first-order valence-corrected chi connectivity index (χ1v) is 8.29. The summed E-state index contributed by atoms with van der Waals surface area (Å²) in [5.74, 6) is -0.378. The summed E-state index contributed by atoms with van der Waals surface area (Å²) in [7, 11) is 0. The Kier molecular flexibility index (Phi) is 4.97. The van der Waals surface area contributed by atoms with Crippen LogP contribution in [0.3, 0.4) is 0 Å². The Bertz CT molecular complexity index is 697. The second-order valence-corrected chi connectivity index (χ2v) is 6.29. The predicted molar refractivity (Wildman–Crippen MR) is 89.3 cm³/mol. The highest BCUT2D eigenvalue weighted by atomic mass is 16.2. The van der Waals surface area contributed by atoms with E-state index in [2.05, 4.69) is 21.3 Å². The van der Waals surface area contributed by atoms with Crippen molar-refractivity contribution in [3.8, 4) is 0 Å². The van der Waals surface area contributed by atoms with E-state index in [4.69, 9.17) is 0 Å². The highest BCUT2D eigenvalue weighted by Gasteiger charge is 2.30. The molecule has 1 aliphatic carbocycles. The van der Waals surface area contributed by atoms with Gasteiger partial charge in [0.05, 0.1) is 0 Å². The molecule has 1 aromatic rings. The van der Waals surface area contributed by atoms with Crippen molar-refractivity contribution in [2.45, 2.75) is 38.3 Å². The van der Waals surface area contributed by atoms with Crippen molar-refractivity contribution >= 4 is 29.4 Å². The maximum Gasteiger partial charge on any atom is 0.322 e. The van der Waals surface area contributed by atoms with Crippen molar-refractivity contribution in [3.63, 3.8) is 0 Å². The monoisotopic (exact) mass is 344 g/mol. The number of hydrogen-bond donors (Lipinski definition) is 4. The SMILES string of the molecule is O=C(CCC1NC(=O)NC1=O)NCc1ccc(NC(=O)C2CC2)cc1. The number of anilines is 1. The number of imide groups is 1. The van der Waals surface area contributed by atoms with Crippen molar-refractivity contribution in [1.82, 2.24) is 16.0 Å². The second kappa shape index (κ2) is 7.33. The molecule has 3 rings (SSSR count). The molecular weight excluding hydrogens is 324 g/mol. The van der Waals surface area contributed by atoms with E-state index in [1.54, 1.807) is 12.1 Å². The molecule has 1 unspecified atom stereocenters. The van der Waals surface area contributed by atoms with Crippen molar-refractivity contribution in [2.75, 3.05) is 5.32 Å². The molecule has 2 aliphatic rings. The van der Waals surface area contributed by atoms with Crippen LogP contribution < -0.4 is 21.3 Å². The molecule has 0 spiro atoms. The average molecular weight is 344 g/mol. The van der Waals surface area contributed by atoms with Gasteiger partial charge < -0.3 is 16.0 Å². The first-order valence-electron chi connectivity index (χ1n) is 8.29. The standard InChI is InChI=1S/C17H20N4O4/c22-14(8-7-13-16(24)21-17(25)20-13)18-9-10-1-5-12(6-2-10)19-15(23)11-3-4-11/h1-2,5-6,11,13H,3-4,7-9H2,(H,18,22)(H,19,23)(H2,20,21,24,25). The van der Waals surface area contributed by atoms with Crippen molar-refractivity contribution in [3.05, 3.63) is 29.8 Å². The third kappa shape index (κ3) is 4.79. The molecule has 1 heterocycles. The molecule has 132 valence electrons. The van der Waals surface area contributed by atoms with Gasteiger partial charge in [-0.1, -0.05) is 12.1 Å². The summed E-state index contributed by atoms with van der Waals surface area (Å²) in [6.07, 6.45) is 2.33. The van der Waals surface area contributed by atoms with Crippen LogP contribution in [0.2, 0.25) is 0 Å². The number of rotatable bonds is 7. The van der Waals surface area contributed by atoms with Gasteiger partial charge in [0.1, 0.15) is 6.04 Å². The van der Waals surface area contributed by atoms with Crippen LogP contribution in [-0.4, -0.2) is 29.8 Å². The molecule has 0 bridgehead atoms. The molecule has 4 N–H and O–H groups in total. The Hall–Kier alpha value is -2.90. The molecule has 0 aromatic heterocycles. The van der Waals surface area contributed by atoms with Crippen LogP contribution in [0.15, 0.2) is 24.3 Å². The van der Waals surface area contributed by atoms with Crippen LogP contribution in [0, 0.1) is 5.92 Å². The number of carbonyl (C=O) groups excluding carboxylic acids is 4. The number of nitrogens with one attached hydrogen (secondary N) is 4. The third-order valence-corrected chi connectivity index (χ3v) is 4.18. The lowest BCUT2D eigenvalue weighted by atomic mass is 10.1. The van der Waals surface area contributed by atoms with Gasteiger partial charge in [0.15, 0.2) is 0 Å². The molecule has 2 fully saturated rings. The highest BCUT2D eigenvalue weighted by molar-refractivity contribution is 6.04. The van der Waals surface area contributed by atoms with E-state index in [1.165, 1.54) is 0 Å². The lowest BCUT2D eigenvalue weighted by Gasteiger charge is -2.09. The molecule has 1 aromatic carbocycles. The van der Waals surface area contributed by atoms with Crippen LogP contribution in [0.4, 0.5) is 10.5 Å². The van der Waals surface area contributed by atoms with Crippen LogP contribution in [-0.2, 0) is 20.9 Å². The molecule has 1 saturated carbocycles. The first kappa shape index (κ1) is 16.9. The summed E-state index contributed by atoms with van der Waals surface area (Å²) < 4.78 is 0. The fourth-order valence-corrected chi connectivity index (χ4v) is 2.52. The van der Waals surface area contributed by atoms with Crippen LogP contribution in [0.25, 0.3) is 0 Å². The molecule has 8 nitrogen and oxygen atoms in total. The number of carbonyl (C=O) groups is 4. The van der Waals surface area contributed by atoms with Gasteiger partial charge in [-0.25, -0.2) is 4.79 Å². The number of amides is 5. The van der Waals surface area contributed by atoms with E-state index in [-0.39, 0.29) is 30.6 Å². The maximum atomic E-state index is 11.8. The zero-order chi connectivity index (χ0) is 17.8. The van der Waals surface area contributed by atoms with Crippen LogP contribution >= 0.6 is 0 Å². The van der Waals surface area contributed by atoms with Gasteiger partial charge in [-0.2, -0.15) is 0 Å². The van der Waals surface area contributed by atoms with Gasteiger partial charge in [0, 0.05) is 24.6 Å². The first-order chi connectivity index (χ1) is 12.0. The Morgan fingerprint density at radius 3 is 2.44 bits per heavy atom. The second-order valence-electron chi connectivity index (χ2n) is 6.29. The summed E-state index contributed by atoms with van der Waals surface area (Å²) in [5, 5.41) is 10.2. The normalized spacial score (nSPS) is 19.1. The Balaban J connectivity index is 1.38. The lowest BCUT2D eigenvalue weighted by molar-refractivity contribution is -0.122. The Morgan fingerprint density at radius 2 is 1.84 bits per heavy atom. The minimum absolute atomic E-state index is 0.0593. The van der Waals surface area contributed by atoms with Crippen LogP contribution in [0.1, 0.15) is 31.2 Å². The van der Waals surface area contributed by atoms with E-state index < -0.39 is 18.0 Å².